The summed E-state index contributed by atoms with van der Waals surface area (Å²) in [7, 11) is 0. The van der Waals surface area contributed by atoms with E-state index in [1.54, 1.807) is 17.0 Å². The first-order valence-electron chi connectivity index (χ1n) is 7.38. The second-order valence-electron chi connectivity index (χ2n) is 5.32. The van der Waals surface area contributed by atoms with Crippen LogP contribution in [-0.2, 0) is 0 Å². The van der Waals surface area contributed by atoms with E-state index in [0.29, 0.717) is 42.1 Å². The van der Waals surface area contributed by atoms with E-state index < -0.39 is 0 Å². The normalized spacial score (nSPS) is 14.6. The van der Waals surface area contributed by atoms with Crippen LogP contribution in [0, 0.1) is 0 Å². The van der Waals surface area contributed by atoms with Crippen LogP contribution in [0.15, 0.2) is 45.5 Å². The quantitative estimate of drug-likeness (QED) is 0.736. The third-order valence-electron chi connectivity index (χ3n) is 3.76. The van der Waals surface area contributed by atoms with E-state index in [2.05, 4.69) is 21.2 Å². The van der Waals surface area contributed by atoms with Crippen molar-refractivity contribution >= 4 is 56.5 Å². The number of halogens is 2. The number of anilines is 1. The van der Waals surface area contributed by atoms with Gasteiger partial charge in [-0.1, -0.05) is 11.6 Å². The highest BCUT2D eigenvalue weighted by molar-refractivity contribution is 9.10. The number of benzene rings is 1. The molecule has 2 aromatic rings. The van der Waals surface area contributed by atoms with Gasteiger partial charge in [0.1, 0.15) is 0 Å². The van der Waals surface area contributed by atoms with E-state index >= 15 is 0 Å². The molecule has 24 heavy (non-hydrogen) atoms. The first-order valence-corrected chi connectivity index (χ1v) is 8.96. The van der Waals surface area contributed by atoms with E-state index in [4.69, 9.17) is 28.2 Å². The number of hydrogen-bond donors (Lipinski definition) is 1. The van der Waals surface area contributed by atoms with Gasteiger partial charge in [0, 0.05) is 36.3 Å². The first-order chi connectivity index (χ1) is 11.5. The van der Waals surface area contributed by atoms with Gasteiger partial charge in [-0.05, 0) is 58.5 Å². The maximum absolute atomic E-state index is 12.2. The number of nitrogens with zero attached hydrogens (tertiary/aromatic N) is 2. The lowest BCUT2D eigenvalue weighted by atomic mass is 10.3. The minimum atomic E-state index is -0.0850. The van der Waals surface area contributed by atoms with E-state index in [1.807, 2.05) is 23.1 Å². The minimum absolute atomic E-state index is 0.0850. The summed E-state index contributed by atoms with van der Waals surface area (Å²) in [5, 5.41) is 4.43. The molecule has 1 aromatic heterocycles. The lowest BCUT2D eigenvalue weighted by molar-refractivity contribution is 0.0661. The standard InChI is InChI=1S/C16H15BrClN3O2S/c17-12-4-3-11(10-13(12)18)19-16(24)21-7-5-20(6-8-21)15(22)14-2-1-9-23-14/h1-4,9-10H,5-8H2,(H,19,24). The fraction of sp³-hybridized carbons (Fsp3) is 0.250. The summed E-state index contributed by atoms with van der Waals surface area (Å²) in [4.78, 5) is 16.1. The summed E-state index contributed by atoms with van der Waals surface area (Å²) in [6.45, 7) is 2.54. The lowest BCUT2D eigenvalue weighted by Gasteiger charge is -2.35. The van der Waals surface area contributed by atoms with Crippen molar-refractivity contribution < 1.29 is 9.21 Å². The summed E-state index contributed by atoms with van der Waals surface area (Å²) < 4.78 is 6.00. The molecule has 2 heterocycles. The Kier molecular flexibility index (Phi) is 5.43. The summed E-state index contributed by atoms with van der Waals surface area (Å²) in [5.41, 5.74) is 0.835. The molecule has 0 spiro atoms. The zero-order valence-electron chi connectivity index (χ0n) is 12.7. The average Bonchev–Trinajstić information content (AvgIpc) is 3.12. The maximum atomic E-state index is 12.2. The molecule has 0 atom stereocenters. The fourth-order valence-electron chi connectivity index (χ4n) is 2.45. The van der Waals surface area contributed by atoms with E-state index in [-0.39, 0.29) is 5.91 Å². The van der Waals surface area contributed by atoms with Crippen molar-refractivity contribution in [2.75, 3.05) is 31.5 Å². The predicted octanol–water partition coefficient (Wildman–Crippen LogP) is 3.85. The van der Waals surface area contributed by atoms with Gasteiger partial charge in [0.05, 0.1) is 11.3 Å². The number of amides is 1. The van der Waals surface area contributed by atoms with E-state index in [0.717, 1.165) is 10.2 Å². The van der Waals surface area contributed by atoms with Gasteiger partial charge in [0.15, 0.2) is 10.9 Å². The molecule has 3 rings (SSSR count). The fourth-order valence-corrected chi connectivity index (χ4v) is 3.17. The number of rotatable bonds is 2. The Morgan fingerprint density at radius 2 is 1.92 bits per heavy atom. The Hall–Kier alpha value is -1.57. The molecular formula is C16H15BrClN3O2S. The summed E-state index contributed by atoms with van der Waals surface area (Å²) in [6, 6.07) is 8.98. The van der Waals surface area contributed by atoms with Gasteiger partial charge in [-0.3, -0.25) is 4.79 Å². The Balaban J connectivity index is 1.55. The Morgan fingerprint density at radius 1 is 1.21 bits per heavy atom. The van der Waals surface area contributed by atoms with Gasteiger partial charge in [0.25, 0.3) is 5.91 Å². The molecule has 0 bridgehead atoms. The highest BCUT2D eigenvalue weighted by atomic mass is 79.9. The lowest BCUT2D eigenvalue weighted by Crippen LogP contribution is -2.51. The van der Waals surface area contributed by atoms with E-state index in [9.17, 15) is 4.79 Å². The number of carbonyl (C=O) groups is 1. The van der Waals surface area contributed by atoms with Crippen LogP contribution in [0.3, 0.4) is 0 Å². The third-order valence-corrected chi connectivity index (χ3v) is 5.35. The Labute approximate surface area is 158 Å². The Bertz CT molecular complexity index is 746. The van der Waals surface area contributed by atoms with Crippen molar-refractivity contribution in [3.63, 3.8) is 0 Å². The number of hydrogen-bond acceptors (Lipinski definition) is 3. The van der Waals surface area contributed by atoms with Gasteiger partial charge < -0.3 is 19.5 Å². The smallest absolute Gasteiger partial charge is 0.289 e. The molecule has 1 amide bonds. The minimum Gasteiger partial charge on any atom is -0.459 e. The van der Waals surface area contributed by atoms with Crippen molar-refractivity contribution in [1.82, 2.24) is 9.80 Å². The van der Waals surface area contributed by atoms with Crippen LogP contribution >= 0.6 is 39.7 Å². The predicted molar refractivity (Wildman–Crippen MR) is 102 cm³/mol. The van der Waals surface area contributed by atoms with Crippen LogP contribution in [-0.4, -0.2) is 47.0 Å². The maximum Gasteiger partial charge on any atom is 0.289 e. The van der Waals surface area contributed by atoms with Crippen LogP contribution in [0.2, 0.25) is 5.02 Å². The van der Waals surface area contributed by atoms with Gasteiger partial charge in [-0.15, -0.1) is 0 Å². The molecule has 0 saturated carbocycles. The highest BCUT2D eigenvalue weighted by Crippen LogP contribution is 2.25. The molecule has 5 nitrogen and oxygen atoms in total. The Morgan fingerprint density at radius 3 is 2.54 bits per heavy atom. The summed E-state index contributed by atoms with van der Waals surface area (Å²) in [5.74, 6) is 0.284. The molecule has 0 aliphatic carbocycles. The average molecular weight is 429 g/mol. The highest BCUT2D eigenvalue weighted by Gasteiger charge is 2.24. The molecular weight excluding hydrogens is 414 g/mol. The van der Waals surface area contributed by atoms with Crippen LogP contribution in [0.1, 0.15) is 10.6 Å². The van der Waals surface area contributed by atoms with Gasteiger partial charge >= 0.3 is 0 Å². The van der Waals surface area contributed by atoms with Crippen molar-refractivity contribution in [2.45, 2.75) is 0 Å². The number of nitrogens with one attached hydrogen (secondary N) is 1. The molecule has 1 fully saturated rings. The molecule has 1 aliphatic rings. The SMILES string of the molecule is O=C(c1ccco1)N1CCN(C(=S)Nc2ccc(Br)c(Cl)c2)CC1. The monoisotopic (exact) mass is 427 g/mol. The number of piperazine rings is 1. The zero-order valence-corrected chi connectivity index (χ0v) is 15.8. The molecule has 8 heteroatoms. The largest absolute Gasteiger partial charge is 0.459 e. The molecule has 1 saturated heterocycles. The van der Waals surface area contributed by atoms with Gasteiger partial charge in [-0.2, -0.15) is 0 Å². The van der Waals surface area contributed by atoms with E-state index in [1.165, 1.54) is 6.26 Å². The van der Waals surface area contributed by atoms with Crippen molar-refractivity contribution in [3.05, 3.63) is 51.9 Å². The van der Waals surface area contributed by atoms with Crippen LogP contribution < -0.4 is 5.32 Å². The molecule has 126 valence electrons. The molecule has 1 N–H and O–H groups in total. The molecule has 0 radical (unpaired) electrons. The number of furan rings is 1. The molecule has 1 aromatic carbocycles. The molecule has 0 unspecified atom stereocenters. The second kappa shape index (κ2) is 7.55. The number of thiocarbonyl (C=S) groups is 1. The topological polar surface area (TPSA) is 48.7 Å². The summed E-state index contributed by atoms with van der Waals surface area (Å²) in [6.07, 6.45) is 1.51. The van der Waals surface area contributed by atoms with Crippen molar-refractivity contribution in [1.29, 1.82) is 0 Å². The molecule has 1 aliphatic heterocycles. The van der Waals surface area contributed by atoms with Crippen LogP contribution in [0.4, 0.5) is 5.69 Å². The van der Waals surface area contributed by atoms with Crippen molar-refractivity contribution in [3.8, 4) is 0 Å². The van der Waals surface area contributed by atoms with Gasteiger partial charge in [-0.25, -0.2) is 0 Å². The number of carbonyl (C=O) groups excluding carboxylic acids is 1. The zero-order chi connectivity index (χ0) is 17.1. The first kappa shape index (κ1) is 17.3. The summed E-state index contributed by atoms with van der Waals surface area (Å²) >= 11 is 14.9. The van der Waals surface area contributed by atoms with Crippen LogP contribution in [0.25, 0.3) is 0 Å². The second-order valence-corrected chi connectivity index (χ2v) is 6.96. The third kappa shape index (κ3) is 3.91. The van der Waals surface area contributed by atoms with Crippen LogP contribution in [0.5, 0.6) is 0 Å². The van der Waals surface area contributed by atoms with Crippen molar-refractivity contribution in [2.24, 2.45) is 0 Å². The van der Waals surface area contributed by atoms with Gasteiger partial charge in [0.2, 0.25) is 0 Å².